The van der Waals surface area contributed by atoms with Crippen LogP contribution in [-0.4, -0.2) is 43.2 Å². The number of benzene rings is 2. The average Bonchev–Trinajstić information content (AvgIpc) is 2.74. The van der Waals surface area contributed by atoms with Crippen LogP contribution in [0.5, 0.6) is 0 Å². The largest absolute Gasteiger partial charge is 0.356 e. The van der Waals surface area contributed by atoms with Crippen LogP contribution in [-0.2, 0) is 21.2 Å². The topological polar surface area (TPSA) is 110 Å². The van der Waals surface area contributed by atoms with E-state index in [-0.39, 0.29) is 35.5 Å². The smallest absolute Gasteiger partial charge is 0.270 e. The van der Waals surface area contributed by atoms with Gasteiger partial charge in [-0.3, -0.25) is 14.9 Å². The Kier molecular flexibility index (Phi) is 6.84. The lowest BCUT2D eigenvalue weighted by atomic mass is 9.97. The average molecular weight is 432 g/mol. The number of rotatable bonds is 7. The van der Waals surface area contributed by atoms with Gasteiger partial charge in [0.25, 0.3) is 5.69 Å². The molecule has 8 nitrogen and oxygen atoms in total. The first-order chi connectivity index (χ1) is 14.3. The van der Waals surface area contributed by atoms with Crippen LogP contribution in [0.3, 0.4) is 0 Å². The van der Waals surface area contributed by atoms with Gasteiger partial charge < -0.3 is 5.32 Å². The summed E-state index contributed by atoms with van der Waals surface area (Å²) >= 11 is 0. The first kappa shape index (κ1) is 21.9. The molecular weight excluding hydrogens is 406 g/mol. The second kappa shape index (κ2) is 9.36. The van der Waals surface area contributed by atoms with Gasteiger partial charge in [-0.25, -0.2) is 8.42 Å². The number of carbonyl (C=O) groups excluding carboxylic acids is 1. The molecule has 1 heterocycles. The highest BCUT2D eigenvalue weighted by atomic mass is 32.2. The van der Waals surface area contributed by atoms with Gasteiger partial charge in [-0.2, -0.15) is 4.31 Å². The van der Waals surface area contributed by atoms with Gasteiger partial charge in [-0.15, -0.1) is 0 Å². The first-order valence-corrected chi connectivity index (χ1v) is 11.3. The Labute approximate surface area is 176 Å². The zero-order valence-corrected chi connectivity index (χ0v) is 17.6. The van der Waals surface area contributed by atoms with Gasteiger partial charge in [0.15, 0.2) is 0 Å². The van der Waals surface area contributed by atoms with Crippen LogP contribution in [0.1, 0.15) is 24.0 Å². The molecule has 9 heteroatoms. The second-order valence-corrected chi connectivity index (χ2v) is 9.32. The number of hydrogen-bond donors (Lipinski definition) is 1. The van der Waals surface area contributed by atoms with Gasteiger partial charge in [0.2, 0.25) is 15.9 Å². The minimum Gasteiger partial charge on any atom is -0.356 e. The van der Waals surface area contributed by atoms with Gasteiger partial charge in [-0.05, 0) is 37.3 Å². The lowest BCUT2D eigenvalue weighted by molar-refractivity contribution is -0.385. The molecule has 0 radical (unpaired) electrons. The molecule has 1 aliphatic heterocycles. The van der Waals surface area contributed by atoms with Crippen molar-refractivity contribution in [3.05, 3.63) is 69.8 Å². The molecule has 0 bridgehead atoms. The monoisotopic (exact) mass is 431 g/mol. The van der Waals surface area contributed by atoms with Gasteiger partial charge >= 0.3 is 0 Å². The van der Waals surface area contributed by atoms with E-state index < -0.39 is 14.9 Å². The van der Waals surface area contributed by atoms with Crippen molar-refractivity contribution in [3.63, 3.8) is 0 Å². The van der Waals surface area contributed by atoms with Crippen LogP contribution in [0.15, 0.2) is 53.4 Å². The standard InChI is InChI=1S/C21H25N3O5S/c1-16-7-8-19(24(26)27)15-20(16)30(28,29)23-13-10-18(11-14-23)21(25)22-12-9-17-5-3-2-4-6-17/h2-8,15,18H,9-14H2,1H3,(H,22,25). The van der Waals surface area contributed by atoms with E-state index in [4.69, 9.17) is 0 Å². The number of sulfonamides is 1. The number of amides is 1. The molecule has 0 aromatic heterocycles. The van der Waals surface area contributed by atoms with Crippen molar-refractivity contribution in [3.8, 4) is 0 Å². The van der Waals surface area contributed by atoms with E-state index in [0.29, 0.717) is 24.9 Å². The molecule has 1 amide bonds. The summed E-state index contributed by atoms with van der Waals surface area (Å²) in [5.74, 6) is -0.298. The maximum Gasteiger partial charge on any atom is 0.270 e. The van der Waals surface area contributed by atoms with Gasteiger partial charge in [0.05, 0.1) is 9.82 Å². The zero-order chi connectivity index (χ0) is 21.7. The van der Waals surface area contributed by atoms with E-state index in [1.807, 2.05) is 30.3 Å². The van der Waals surface area contributed by atoms with Crippen LogP contribution in [0.2, 0.25) is 0 Å². The zero-order valence-electron chi connectivity index (χ0n) is 16.8. The van der Waals surface area contributed by atoms with Gasteiger partial charge in [-0.1, -0.05) is 36.4 Å². The fourth-order valence-electron chi connectivity index (χ4n) is 3.60. The molecule has 0 aliphatic carbocycles. The summed E-state index contributed by atoms with van der Waals surface area (Å²) in [5, 5.41) is 13.9. The van der Waals surface area contributed by atoms with Crippen molar-refractivity contribution in [2.45, 2.75) is 31.1 Å². The predicted octanol–water partition coefficient (Wildman–Crippen LogP) is 2.66. The molecule has 1 saturated heterocycles. The van der Waals surface area contributed by atoms with E-state index in [9.17, 15) is 23.3 Å². The number of carbonyl (C=O) groups is 1. The number of nitrogens with one attached hydrogen (secondary N) is 1. The van der Waals surface area contributed by atoms with Gasteiger partial charge in [0, 0.05) is 37.7 Å². The molecule has 0 atom stereocenters. The number of piperidine rings is 1. The van der Waals surface area contributed by atoms with Crippen molar-refractivity contribution in [1.82, 2.24) is 9.62 Å². The third-order valence-corrected chi connectivity index (χ3v) is 7.42. The third-order valence-electron chi connectivity index (χ3n) is 5.38. The van der Waals surface area contributed by atoms with Crippen molar-refractivity contribution in [1.29, 1.82) is 0 Å². The summed E-state index contributed by atoms with van der Waals surface area (Å²) < 4.78 is 27.3. The van der Waals surface area contributed by atoms with Crippen molar-refractivity contribution in [2.24, 2.45) is 5.92 Å². The maximum atomic E-state index is 13.0. The van der Waals surface area contributed by atoms with Crippen LogP contribution >= 0.6 is 0 Å². The van der Waals surface area contributed by atoms with Gasteiger partial charge in [0.1, 0.15) is 0 Å². The Hall–Kier alpha value is -2.78. The van der Waals surface area contributed by atoms with Crippen LogP contribution in [0.4, 0.5) is 5.69 Å². The lowest BCUT2D eigenvalue weighted by Gasteiger charge is -2.30. The molecule has 2 aromatic rings. The fourth-order valence-corrected chi connectivity index (χ4v) is 5.31. The normalized spacial score (nSPS) is 15.6. The third kappa shape index (κ3) is 5.03. The van der Waals surface area contributed by atoms with E-state index >= 15 is 0 Å². The number of aryl methyl sites for hydroxylation is 1. The number of nitro groups is 1. The van der Waals surface area contributed by atoms with E-state index in [1.54, 1.807) is 6.92 Å². The number of nitro benzene ring substituents is 1. The molecule has 0 spiro atoms. The molecule has 0 saturated carbocycles. The number of non-ortho nitro benzene ring substituents is 1. The predicted molar refractivity (Wildman–Crippen MR) is 112 cm³/mol. The Morgan fingerprint density at radius 2 is 1.83 bits per heavy atom. The van der Waals surface area contributed by atoms with Crippen LogP contribution < -0.4 is 5.32 Å². The summed E-state index contributed by atoms with van der Waals surface area (Å²) in [7, 11) is -3.85. The molecule has 1 N–H and O–H groups in total. The molecule has 160 valence electrons. The molecule has 30 heavy (non-hydrogen) atoms. The number of hydrogen-bond acceptors (Lipinski definition) is 5. The van der Waals surface area contributed by atoms with Crippen molar-refractivity contribution < 1.29 is 18.1 Å². The Bertz CT molecular complexity index is 1020. The summed E-state index contributed by atoms with van der Waals surface area (Å²) in [6, 6.07) is 13.7. The summed E-state index contributed by atoms with van der Waals surface area (Å²) in [6.45, 7) is 2.57. The number of nitrogens with zero attached hydrogens (tertiary/aromatic N) is 2. The van der Waals surface area contributed by atoms with Crippen LogP contribution in [0, 0.1) is 23.0 Å². The quantitative estimate of drug-likeness (QED) is 0.535. The highest BCUT2D eigenvalue weighted by Crippen LogP contribution is 2.28. The molecule has 3 rings (SSSR count). The molecule has 0 unspecified atom stereocenters. The van der Waals surface area contributed by atoms with E-state index in [0.717, 1.165) is 18.1 Å². The SMILES string of the molecule is Cc1ccc([N+](=O)[O-])cc1S(=O)(=O)N1CCC(C(=O)NCCc2ccccc2)CC1. The van der Waals surface area contributed by atoms with E-state index in [2.05, 4.69) is 5.32 Å². The van der Waals surface area contributed by atoms with Crippen molar-refractivity contribution >= 4 is 21.6 Å². The molecule has 2 aromatic carbocycles. The van der Waals surface area contributed by atoms with E-state index in [1.165, 1.54) is 16.4 Å². The summed E-state index contributed by atoms with van der Waals surface area (Å²) in [6.07, 6.45) is 1.58. The first-order valence-electron chi connectivity index (χ1n) is 9.86. The highest BCUT2D eigenvalue weighted by molar-refractivity contribution is 7.89. The Morgan fingerprint density at radius 1 is 1.17 bits per heavy atom. The minimum absolute atomic E-state index is 0.0533. The Balaban J connectivity index is 1.57. The Morgan fingerprint density at radius 3 is 2.47 bits per heavy atom. The summed E-state index contributed by atoms with van der Waals surface area (Å²) in [5.41, 5.74) is 1.35. The van der Waals surface area contributed by atoms with Crippen molar-refractivity contribution in [2.75, 3.05) is 19.6 Å². The molecular formula is C21H25N3O5S. The molecule has 1 aliphatic rings. The maximum absolute atomic E-state index is 13.0. The minimum atomic E-state index is -3.85. The lowest BCUT2D eigenvalue weighted by Crippen LogP contribution is -2.43. The molecule has 1 fully saturated rings. The fraction of sp³-hybridized carbons (Fsp3) is 0.381. The summed E-state index contributed by atoms with van der Waals surface area (Å²) in [4.78, 5) is 22.8. The highest BCUT2D eigenvalue weighted by Gasteiger charge is 2.33. The second-order valence-electron chi connectivity index (χ2n) is 7.41. The van der Waals surface area contributed by atoms with Crippen LogP contribution in [0.25, 0.3) is 0 Å².